The van der Waals surface area contributed by atoms with Crippen LogP contribution in [0.5, 0.6) is 0 Å². The number of hydrogen-bond donors (Lipinski definition) is 5. The van der Waals surface area contributed by atoms with E-state index in [1.165, 1.54) is 0 Å². The van der Waals surface area contributed by atoms with Crippen LogP contribution in [-0.4, -0.2) is 110 Å². The van der Waals surface area contributed by atoms with Gasteiger partial charge in [-0.15, -0.1) is 0 Å². The molecule has 15 nitrogen and oxygen atoms in total. The third-order valence-corrected chi connectivity index (χ3v) is 34.1. The van der Waals surface area contributed by atoms with Crippen molar-refractivity contribution in [2.24, 2.45) is 39.7 Å². The molecule has 6 aliphatic rings. The Morgan fingerprint density at radius 3 is 1.60 bits per heavy atom. The second-order valence-corrected chi connectivity index (χ2v) is 42.2. The number of carbonyl (C=O) groups is 1. The predicted octanol–water partition coefficient (Wildman–Crippen LogP) is 12.5. The van der Waals surface area contributed by atoms with Gasteiger partial charge in [0, 0.05) is 22.3 Å². The molecule has 15 atom stereocenters. The molecule has 6 saturated carbocycles. The minimum atomic E-state index is -2.15. The summed E-state index contributed by atoms with van der Waals surface area (Å²) >= 11 is 12.3. The lowest BCUT2D eigenvalue weighted by atomic mass is 9.97. The molecule has 8 N–H and O–H groups in total. The highest BCUT2D eigenvalue weighted by Gasteiger charge is 2.74. The van der Waals surface area contributed by atoms with Gasteiger partial charge in [0.1, 0.15) is 29.7 Å². The van der Waals surface area contributed by atoms with E-state index in [0.717, 1.165) is 38.5 Å². The summed E-state index contributed by atoms with van der Waals surface area (Å²) in [5.74, 6) is 0.929. The zero-order valence-corrected chi connectivity index (χ0v) is 52.3. The average molecular weight is 1140 g/mol. The monoisotopic (exact) mass is 1140 g/mol. The van der Waals surface area contributed by atoms with E-state index in [4.69, 9.17) is 53.7 Å². The minimum absolute atomic E-state index is 0.00660. The molecular weight excluding hydrogens is 1050 g/mol. The van der Waals surface area contributed by atoms with Crippen LogP contribution in [0.25, 0.3) is 11.2 Å². The lowest BCUT2D eigenvalue weighted by molar-refractivity contribution is -0.105. The van der Waals surface area contributed by atoms with E-state index in [-0.39, 0.29) is 95.1 Å². The van der Waals surface area contributed by atoms with Gasteiger partial charge in [-0.05, 0) is 111 Å². The Balaban J connectivity index is 0.000000169. The van der Waals surface area contributed by atoms with E-state index in [1.807, 2.05) is 0 Å². The largest absolute Gasteiger partial charge is 0.410 e. The van der Waals surface area contributed by atoms with Gasteiger partial charge in [-0.2, -0.15) is 19.9 Å². The highest BCUT2D eigenvalue weighted by molar-refractivity contribution is 6.75. The van der Waals surface area contributed by atoms with Gasteiger partial charge in [-0.3, -0.25) is 4.79 Å². The molecule has 9 rings (SSSR count). The average Bonchev–Trinajstić information content (AvgIpc) is 4.23. The summed E-state index contributed by atoms with van der Waals surface area (Å²) < 4.78 is 67.5. The third kappa shape index (κ3) is 10.4. The number of halogens is 5. The lowest BCUT2D eigenvalue weighted by Crippen LogP contribution is -2.49. The number of nitrogens with zero attached hydrogens (tertiary/aromatic N) is 6. The summed E-state index contributed by atoms with van der Waals surface area (Å²) in [6.45, 7) is 39.1. The van der Waals surface area contributed by atoms with Crippen LogP contribution >= 0.6 is 23.2 Å². The van der Waals surface area contributed by atoms with Crippen molar-refractivity contribution in [3.8, 4) is 0 Å². The molecular formula is C52H88Cl2F3N11O4Si3. The topological polar surface area (TPSA) is 216 Å². The molecule has 1 amide bonds. The molecule has 0 saturated heterocycles. The number of nitrogen functional groups attached to an aromatic ring is 2. The number of aromatic nitrogens is 6. The Morgan fingerprint density at radius 2 is 1.11 bits per heavy atom. The summed E-state index contributed by atoms with van der Waals surface area (Å²) in [4.78, 5) is 31.5. The van der Waals surface area contributed by atoms with Crippen molar-refractivity contribution < 1.29 is 31.2 Å². The molecule has 23 heteroatoms. The van der Waals surface area contributed by atoms with Crippen molar-refractivity contribution in [1.82, 2.24) is 29.5 Å². The molecule has 0 bridgehead atoms. The third-order valence-electron chi connectivity index (χ3n) is 20.2. The van der Waals surface area contributed by atoms with Crippen LogP contribution in [0.3, 0.4) is 0 Å². The normalized spacial score (nSPS) is 34.9. The van der Waals surface area contributed by atoms with Crippen LogP contribution < -0.4 is 27.8 Å². The molecule has 0 spiro atoms. The van der Waals surface area contributed by atoms with Crippen molar-refractivity contribution in [2.75, 3.05) is 22.1 Å². The van der Waals surface area contributed by atoms with E-state index in [9.17, 15) is 9.18 Å². The number of fused-ring (bicyclic) bond motifs is 4. The summed E-state index contributed by atoms with van der Waals surface area (Å²) in [6, 6.07) is -1.17. The van der Waals surface area contributed by atoms with Gasteiger partial charge in [-0.1, -0.05) is 106 Å². The fraction of sp³-hybridized carbons (Fsp3) is 0.808. The number of nitrogens with one attached hydrogen (secondary N) is 2. The second-order valence-electron chi connectivity index (χ2n) is 27.2. The maximum absolute atomic E-state index is 15.9. The van der Waals surface area contributed by atoms with Gasteiger partial charge in [-0.25, -0.2) is 18.2 Å². The fourth-order valence-corrected chi connectivity index (χ4v) is 16.6. The SMILES string of the molecule is CC[C@@]12C[C@@H]1[C@@H](N)[C@H](F)[C@@H]2O[Si](C)(C)C(C)(C)C.CC[C@@]12C[C@@H]1[C@@H](Nc1nc(N)nc(Cl)c1NC=O)[C@H](F)[C@@H]2O[Si](C)(C)C(C)(C)C.CC[C@@]12C[C@@H]1[C@@H](n1cnc3c(Cl)nc(N)nc31)[C@H](F)[C@@H]2O[Si](C)(C)C(C)(C)C. The summed E-state index contributed by atoms with van der Waals surface area (Å²) in [6.07, 6.45) is 3.32. The number of imidazole rings is 1. The smallest absolute Gasteiger partial charge is 0.223 e. The van der Waals surface area contributed by atoms with Crippen molar-refractivity contribution in [3.63, 3.8) is 0 Å². The Morgan fingerprint density at radius 1 is 0.680 bits per heavy atom. The van der Waals surface area contributed by atoms with Gasteiger partial charge in [0.15, 0.2) is 46.7 Å². The molecule has 75 heavy (non-hydrogen) atoms. The zero-order chi connectivity index (χ0) is 56.4. The first kappa shape index (κ1) is 60.0. The van der Waals surface area contributed by atoms with E-state index < -0.39 is 61.7 Å². The van der Waals surface area contributed by atoms with Gasteiger partial charge < -0.3 is 45.7 Å². The van der Waals surface area contributed by atoms with Gasteiger partial charge in [0.2, 0.25) is 18.3 Å². The number of carbonyl (C=O) groups excluding carboxylic acids is 1. The first-order valence-corrected chi connectivity index (χ1v) is 36.5. The first-order valence-electron chi connectivity index (χ1n) is 27.0. The zero-order valence-electron chi connectivity index (χ0n) is 47.8. The maximum atomic E-state index is 15.9. The molecule has 3 aromatic rings. The molecule has 422 valence electrons. The highest BCUT2D eigenvalue weighted by Crippen LogP contribution is 2.72. The van der Waals surface area contributed by atoms with E-state index >= 15 is 8.78 Å². The van der Waals surface area contributed by atoms with E-state index in [0.29, 0.717) is 23.5 Å². The van der Waals surface area contributed by atoms with Crippen LogP contribution in [0.1, 0.15) is 128 Å². The Hall–Kier alpha value is -2.64. The predicted molar refractivity (Wildman–Crippen MR) is 304 cm³/mol. The minimum Gasteiger partial charge on any atom is -0.410 e. The molecule has 0 radical (unpaired) electrons. The molecule has 0 aromatic carbocycles. The number of anilines is 4. The van der Waals surface area contributed by atoms with Gasteiger partial charge in [0.25, 0.3) is 0 Å². The molecule has 0 unspecified atom stereocenters. The van der Waals surface area contributed by atoms with Crippen LogP contribution in [-0.2, 0) is 18.1 Å². The van der Waals surface area contributed by atoms with Crippen LogP contribution in [0.15, 0.2) is 6.33 Å². The number of rotatable bonds is 14. The number of amides is 1. The summed E-state index contributed by atoms with van der Waals surface area (Å²) in [7, 11) is -6.17. The van der Waals surface area contributed by atoms with Crippen molar-refractivity contribution in [1.29, 1.82) is 0 Å². The molecule has 0 aliphatic heterocycles. The molecule has 6 fully saturated rings. The summed E-state index contributed by atoms with van der Waals surface area (Å²) in [5.41, 5.74) is 18.4. The number of nitrogens with two attached hydrogens (primary N) is 3. The Bertz CT molecular complexity index is 2600. The summed E-state index contributed by atoms with van der Waals surface area (Å²) in [5, 5.41) is 5.98. The second kappa shape index (κ2) is 20.2. The highest BCUT2D eigenvalue weighted by atomic mass is 35.5. The molecule has 3 heterocycles. The molecule has 6 aliphatic carbocycles. The van der Waals surface area contributed by atoms with Gasteiger partial charge in [0.05, 0.1) is 36.7 Å². The van der Waals surface area contributed by atoms with E-state index in [1.54, 1.807) is 10.9 Å². The van der Waals surface area contributed by atoms with E-state index in [2.05, 4.69) is 158 Å². The maximum Gasteiger partial charge on any atom is 0.223 e. The number of hydrogen-bond acceptors (Lipinski definition) is 13. The standard InChI is InChI=1S/C19H31ClFN5O2Si.C19H29ClFN5OSi.C14H28FNOSi/c1-7-19-8-10(19)12(11(21)14(19)28-29(5,6)18(2,3)4)24-16-13(23-9-27)15(20)25-17(22)26-16;1-7-19-8-10(19)13(11(21)14(19)27-28(5,6)18(2,3)4)26-9-23-12-15(20)24-17(22)25-16(12)26;1-7-14-8-9(14)11(16)10(15)12(14)17-18(5,6)13(2,3)4/h9-12,14H,7-8H2,1-6H3,(H,23,27)(H3,22,24,25,26);9-11,13-14H,7-8H2,1-6H3,(H2,22,24,25);9-12H,7-8,16H2,1-6H3/t10-,11+,12-,14+,19-;10-,11+,13-,14+,19-;9-,10+,11-,12+,14-/m111/s1. The van der Waals surface area contributed by atoms with Crippen molar-refractivity contribution in [2.45, 2.75) is 231 Å². The fourth-order valence-electron chi connectivity index (χ4n) is 12.1. The van der Waals surface area contributed by atoms with Crippen LogP contribution in [0.2, 0.25) is 64.7 Å². The van der Waals surface area contributed by atoms with Crippen LogP contribution in [0.4, 0.5) is 36.6 Å². The number of alkyl halides is 3. The Labute approximate surface area is 457 Å². The van der Waals surface area contributed by atoms with Crippen molar-refractivity contribution >= 4 is 89.1 Å². The first-order chi connectivity index (χ1) is 34.4. The van der Waals surface area contributed by atoms with Crippen LogP contribution in [0, 0.1) is 34.0 Å². The molecule has 3 aromatic heterocycles. The lowest BCUT2D eigenvalue weighted by Gasteiger charge is -2.41. The van der Waals surface area contributed by atoms with Gasteiger partial charge >= 0.3 is 0 Å². The Kier molecular flexibility index (Phi) is 16.1. The van der Waals surface area contributed by atoms with Crippen molar-refractivity contribution in [3.05, 3.63) is 16.6 Å². The quantitative estimate of drug-likeness (QED) is 0.0577.